The standard InChI is InChI=1S/C34H40BN3O5/c1-19-9-14-27(38(19)31(39)41-32(2,3)4)30-36-26-13-10-20-16-25-23-12-11-22(35-42-33(5,6)34(7,8)43-35)15-21(23)18-40-28(25)17-24(20)29(26)37-30/h10-13,15-17,19,27H,9,14,18H2,1-8H3,(H,36,37)/t19-,27-/m0/s1. The minimum absolute atomic E-state index is 0.0792. The lowest BCUT2D eigenvalue weighted by Crippen LogP contribution is -2.41. The van der Waals surface area contributed by atoms with E-state index in [0.717, 1.165) is 68.4 Å². The third-order valence-electron chi connectivity index (χ3n) is 9.50. The molecule has 1 N–H and O–H groups in total. The molecular weight excluding hydrogens is 541 g/mol. The number of likely N-dealkylation sites (tertiary alicyclic amines) is 1. The maximum absolute atomic E-state index is 13.1. The van der Waals surface area contributed by atoms with E-state index in [1.54, 1.807) is 0 Å². The zero-order valence-electron chi connectivity index (χ0n) is 26.3. The molecule has 0 bridgehead atoms. The van der Waals surface area contributed by atoms with Gasteiger partial charge < -0.3 is 23.8 Å². The van der Waals surface area contributed by atoms with E-state index >= 15 is 0 Å². The molecule has 0 radical (unpaired) electrons. The van der Waals surface area contributed by atoms with Gasteiger partial charge in [-0.25, -0.2) is 9.78 Å². The molecule has 0 unspecified atom stereocenters. The monoisotopic (exact) mass is 581 g/mol. The summed E-state index contributed by atoms with van der Waals surface area (Å²) in [6.07, 6.45) is 1.44. The van der Waals surface area contributed by atoms with Crippen LogP contribution < -0.4 is 10.2 Å². The SMILES string of the molecule is C[C@H]1CC[C@@H](c2nc3c(ccc4cc5c(cc43)OCc3cc(B4OC(C)(C)C(C)(C)O4)ccc3-5)[nH]2)N1C(=O)OC(C)(C)C. The van der Waals surface area contributed by atoms with Crippen molar-refractivity contribution in [1.82, 2.24) is 14.9 Å². The van der Waals surface area contributed by atoms with Crippen molar-refractivity contribution in [3.63, 3.8) is 0 Å². The molecule has 2 atom stereocenters. The number of nitrogens with one attached hydrogen (secondary N) is 1. The van der Waals surface area contributed by atoms with E-state index in [-0.39, 0.29) is 18.2 Å². The molecular formula is C34H40BN3O5. The van der Waals surface area contributed by atoms with E-state index < -0.39 is 23.9 Å². The molecule has 3 aliphatic rings. The summed E-state index contributed by atoms with van der Waals surface area (Å²) in [6.45, 7) is 16.5. The molecule has 3 aliphatic heterocycles. The molecule has 4 aromatic rings. The molecule has 3 aromatic carbocycles. The fourth-order valence-corrected chi connectivity index (χ4v) is 6.48. The van der Waals surface area contributed by atoms with Crippen molar-refractivity contribution in [1.29, 1.82) is 0 Å². The molecule has 2 fully saturated rings. The zero-order chi connectivity index (χ0) is 30.5. The molecule has 1 amide bonds. The second-order valence-electron chi connectivity index (χ2n) is 14.3. The van der Waals surface area contributed by atoms with Crippen molar-refractivity contribution in [3.05, 3.63) is 53.9 Å². The number of amides is 1. The predicted molar refractivity (Wildman–Crippen MR) is 169 cm³/mol. The highest BCUT2D eigenvalue weighted by atomic mass is 16.7. The highest BCUT2D eigenvalue weighted by molar-refractivity contribution is 6.62. The number of carbonyl (C=O) groups excluding carboxylic acids is 1. The summed E-state index contributed by atoms with van der Waals surface area (Å²) in [5.41, 5.74) is 4.80. The zero-order valence-corrected chi connectivity index (χ0v) is 26.3. The van der Waals surface area contributed by atoms with Crippen molar-refractivity contribution in [2.45, 2.75) is 104 Å². The van der Waals surface area contributed by atoms with Gasteiger partial charge in [-0.15, -0.1) is 0 Å². The van der Waals surface area contributed by atoms with Gasteiger partial charge in [-0.1, -0.05) is 24.3 Å². The smallest absolute Gasteiger partial charge is 0.488 e. The van der Waals surface area contributed by atoms with Gasteiger partial charge in [-0.2, -0.15) is 0 Å². The van der Waals surface area contributed by atoms with Crippen molar-refractivity contribution < 1.29 is 23.6 Å². The van der Waals surface area contributed by atoms with Crippen molar-refractivity contribution in [2.24, 2.45) is 0 Å². The lowest BCUT2D eigenvalue weighted by molar-refractivity contribution is 0.00578. The number of hydrogen-bond acceptors (Lipinski definition) is 6. The number of nitrogens with zero attached hydrogens (tertiary/aromatic N) is 2. The van der Waals surface area contributed by atoms with E-state index in [0.29, 0.717) is 6.61 Å². The van der Waals surface area contributed by atoms with Gasteiger partial charge in [0.15, 0.2) is 0 Å². The summed E-state index contributed by atoms with van der Waals surface area (Å²) in [7, 11) is -0.412. The highest BCUT2D eigenvalue weighted by Crippen LogP contribution is 2.43. The Hall–Kier alpha value is -3.56. The number of carbonyl (C=O) groups is 1. The lowest BCUT2D eigenvalue weighted by Gasteiger charge is -2.32. The fourth-order valence-electron chi connectivity index (χ4n) is 6.48. The van der Waals surface area contributed by atoms with E-state index in [2.05, 4.69) is 82.1 Å². The van der Waals surface area contributed by atoms with Gasteiger partial charge in [0.25, 0.3) is 0 Å². The number of imidazole rings is 1. The number of hydrogen-bond donors (Lipinski definition) is 1. The van der Waals surface area contributed by atoms with Crippen LogP contribution in [0, 0.1) is 0 Å². The first-order valence-electron chi connectivity index (χ1n) is 15.3. The molecule has 8 nitrogen and oxygen atoms in total. The molecule has 7 rings (SSSR count). The number of aromatic amines is 1. The van der Waals surface area contributed by atoms with Gasteiger partial charge in [0, 0.05) is 17.0 Å². The van der Waals surface area contributed by atoms with Gasteiger partial charge in [0.1, 0.15) is 23.8 Å². The Kier molecular flexibility index (Phi) is 6.22. The van der Waals surface area contributed by atoms with Gasteiger partial charge in [-0.05, 0) is 108 Å². The second kappa shape index (κ2) is 9.47. The molecule has 2 saturated heterocycles. The van der Waals surface area contributed by atoms with Crippen LogP contribution in [0.5, 0.6) is 5.75 Å². The first-order chi connectivity index (χ1) is 20.2. The minimum atomic E-state index is -0.556. The summed E-state index contributed by atoms with van der Waals surface area (Å²) >= 11 is 0. The van der Waals surface area contributed by atoms with Crippen LogP contribution >= 0.6 is 0 Å². The molecule has 9 heteroatoms. The Bertz CT molecular complexity index is 1760. The van der Waals surface area contributed by atoms with Crippen molar-refractivity contribution in [3.8, 4) is 16.9 Å². The van der Waals surface area contributed by atoms with E-state index in [1.807, 2.05) is 25.7 Å². The number of benzene rings is 3. The third-order valence-corrected chi connectivity index (χ3v) is 9.50. The molecule has 224 valence electrons. The molecule has 1 aromatic heterocycles. The Balaban J connectivity index is 1.22. The second-order valence-corrected chi connectivity index (χ2v) is 14.3. The summed E-state index contributed by atoms with van der Waals surface area (Å²) < 4.78 is 24.7. The summed E-state index contributed by atoms with van der Waals surface area (Å²) in [5.74, 6) is 1.63. The maximum atomic E-state index is 13.1. The fraction of sp³-hybridized carbons (Fsp3) is 0.471. The van der Waals surface area contributed by atoms with Gasteiger partial charge in [0.05, 0.1) is 28.3 Å². The minimum Gasteiger partial charge on any atom is -0.488 e. The quantitative estimate of drug-likeness (QED) is 0.256. The Morgan fingerprint density at radius 1 is 1.02 bits per heavy atom. The van der Waals surface area contributed by atoms with Crippen LogP contribution in [0.15, 0.2) is 42.5 Å². The Labute approximate surface area is 253 Å². The molecule has 0 saturated carbocycles. The summed E-state index contributed by atoms with van der Waals surface area (Å²) in [6, 6.07) is 14.8. The first-order valence-corrected chi connectivity index (χ1v) is 15.3. The van der Waals surface area contributed by atoms with Crippen LogP contribution in [0.25, 0.3) is 32.9 Å². The normalized spacial score (nSPS) is 22.5. The maximum Gasteiger partial charge on any atom is 0.494 e. The number of fused-ring (bicyclic) bond motifs is 6. The average molecular weight is 582 g/mol. The lowest BCUT2D eigenvalue weighted by atomic mass is 9.77. The Morgan fingerprint density at radius 3 is 2.49 bits per heavy atom. The number of H-pyrrole nitrogens is 1. The highest BCUT2D eigenvalue weighted by Gasteiger charge is 2.51. The Morgan fingerprint density at radius 2 is 1.77 bits per heavy atom. The topological polar surface area (TPSA) is 85.9 Å². The average Bonchev–Trinajstić information content (AvgIpc) is 3.59. The van der Waals surface area contributed by atoms with E-state index in [4.69, 9.17) is 23.8 Å². The molecule has 4 heterocycles. The van der Waals surface area contributed by atoms with Gasteiger partial charge in [0.2, 0.25) is 0 Å². The van der Waals surface area contributed by atoms with Crippen molar-refractivity contribution in [2.75, 3.05) is 0 Å². The molecule has 43 heavy (non-hydrogen) atoms. The third kappa shape index (κ3) is 4.68. The number of aromatic nitrogens is 2. The van der Waals surface area contributed by atoms with Crippen molar-refractivity contribution >= 4 is 40.5 Å². The summed E-state index contributed by atoms with van der Waals surface area (Å²) in [4.78, 5) is 23.5. The van der Waals surface area contributed by atoms with Gasteiger partial charge in [-0.3, -0.25) is 4.90 Å². The van der Waals surface area contributed by atoms with Crippen LogP contribution in [0.1, 0.15) is 85.7 Å². The van der Waals surface area contributed by atoms with E-state index in [1.165, 1.54) is 0 Å². The largest absolute Gasteiger partial charge is 0.494 e. The predicted octanol–water partition coefficient (Wildman–Crippen LogP) is 7.04. The number of ether oxygens (including phenoxy) is 2. The van der Waals surface area contributed by atoms with Crippen LogP contribution in [0.3, 0.4) is 0 Å². The first kappa shape index (κ1) is 28.2. The van der Waals surface area contributed by atoms with Crippen LogP contribution in [-0.2, 0) is 20.7 Å². The number of rotatable bonds is 2. The van der Waals surface area contributed by atoms with Crippen LogP contribution in [0.4, 0.5) is 4.79 Å². The van der Waals surface area contributed by atoms with Crippen LogP contribution in [-0.4, -0.2) is 50.9 Å². The molecule has 0 aliphatic carbocycles. The molecule has 0 spiro atoms. The summed E-state index contributed by atoms with van der Waals surface area (Å²) in [5, 5.41) is 2.10. The van der Waals surface area contributed by atoms with Gasteiger partial charge >= 0.3 is 13.2 Å². The van der Waals surface area contributed by atoms with Crippen LogP contribution in [0.2, 0.25) is 0 Å². The van der Waals surface area contributed by atoms with E-state index in [9.17, 15) is 4.79 Å².